The quantitative estimate of drug-likeness (QED) is 0.460. The lowest BCUT2D eigenvalue weighted by Gasteiger charge is -2.12. The van der Waals surface area contributed by atoms with E-state index in [9.17, 15) is 9.59 Å². The standard InChI is InChI=1S/C24H20N2O3S/c1-29-20-9-8-17-12-16(6-7-18(17)13-20)14-25-24(28)21-4-2-3-5-22(21)26-23(27)19-10-11-30-15-19/h2-13,15H,14H2,1H3,(H,25,28)(H,26,27). The third-order valence-electron chi connectivity index (χ3n) is 4.77. The largest absolute Gasteiger partial charge is 0.497 e. The number of fused-ring (bicyclic) bond motifs is 1. The number of hydrogen-bond donors (Lipinski definition) is 2. The molecular formula is C24H20N2O3S. The minimum Gasteiger partial charge on any atom is -0.497 e. The zero-order valence-electron chi connectivity index (χ0n) is 16.3. The number of benzene rings is 3. The van der Waals surface area contributed by atoms with Crippen LogP contribution in [0.15, 0.2) is 77.5 Å². The van der Waals surface area contributed by atoms with Crippen LogP contribution in [0.2, 0.25) is 0 Å². The Morgan fingerprint density at radius 2 is 1.73 bits per heavy atom. The van der Waals surface area contributed by atoms with E-state index in [-0.39, 0.29) is 11.8 Å². The Kier molecular flexibility index (Phi) is 5.77. The van der Waals surface area contributed by atoms with Crippen molar-refractivity contribution in [3.8, 4) is 5.75 Å². The summed E-state index contributed by atoms with van der Waals surface area (Å²) in [6.07, 6.45) is 0. The van der Waals surface area contributed by atoms with Crippen molar-refractivity contribution in [2.45, 2.75) is 6.54 Å². The average molecular weight is 417 g/mol. The van der Waals surface area contributed by atoms with Crippen molar-refractivity contribution < 1.29 is 14.3 Å². The molecule has 1 aromatic heterocycles. The lowest BCUT2D eigenvalue weighted by atomic mass is 10.1. The second kappa shape index (κ2) is 8.80. The van der Waals surface area contributed by atoms with Gasteiger partial charge in [-0.1, -0.05) is 30.3 Å². The molecule has 0 saturated heterocycles. The van der Waals surface area contributed by atoms with Gasteiger partial charge in [0.25, 0.3) is 11.8 Å². The maximum absolute atomic E-state index is 12.8. The Balaban J connectivity index is 1.46. The van der Waals surface area contributed by atoms with Gasteiger partial charge in [0.1, 0.15) is 5.75 Å². The van der Waals surface area contributed by atoms with Gasteiger partial charge in [-0.2, -0.15) is 11.3 Å². The smallest absolute Gasteiger partial charge is 0.256 e. The molecule has 0 aliphatic carbocycles. The Bertz CT molecular complexity index is 1200. The first-order valence-corrected chi connectivity index (χ1v) is 10.4. The van der Waals surface area contributed by atoms with Gasteiger partial charge in [-0.05, 0) is 58.1 Å². The summed E-state index contributed by atoms with van der Waals surface area (Å²) in [6, 6.07) is 20.7. The second-order valence-electron chi connectivity index (χ2n) is 6.74. The van der Waals surface area contributed by atoms with E-state index < -0.39 is 0 Å². The number of amides is 2. The van der Waals surface area contributed by atoms with E-state index in [1.165, 1.54) is 11.3 Å². The van der Waals surface area contributed by atoms with Gasteiger partial charge in [-0.15, -0.1) is 0 Å². The average Bonchev–Trinajstić information content (AvgIpc) is 3.32. The fourth-order valence-electron chi connectivity index (χ4n) is 3.17. The van der Waals surface area contributed by atoms with E-state index in [2.05, 4.69) is 10.6 Å². The first kappa shape index (κ1) is 19.7. The number of ether oxygens (including phenoxy) is 1. The van der Waals surface area contributed by atoms with Gasteiger partial charge >= 0.3 is 0 Å². The molecule has 2 N–H and O–H groups in total. The van der Waals surface area contributed by atoms with E-state index in [0.717, 1.165) is 22.1 Å². The summed E-state index contributed by atoms with van der Waals surface area (Å²) in [4.78, 5) is 25.1. The minimum absolute atomic E-state index is 0.235. The van der Waals surface area contributed by atoms with E-state index >= 15 is 0 Å². The minimum atomic E-state index is -0.244. The first-order chi connectivity index (χ1) is 14.6. The molecule has 1 heterocycles. The summed E-state index contributed by atoms with van der Waals surface area (Å²) in [6.45, 7) is 0.383. The van der Waals surface area contributed by atoms with Crippen LogP contribution < -0.4 is 15.4 Å². The van der Waals surface area contributed by atoms with Crippen molar-refractivity contribution in [2.75, 3.05) is 12.4 Å². The summed E-state index contributed by atoms with van der Waals surface area (Å²) in [5, 5.41) is 11.5. The Hall–Kier alpha value is -3.64. The van der Waals surface area contributed by atoms with Gasteiger partial charge in [-0.25, -0.2) is 0 Å². The van der Waals surface area contributed by atoms with Crippen molar-refractivity contribution in [1.29, 1.82) is 0 Å². The molecular weight excluding hydrogens is 396 g/mol. The number of carbonyl (C=O) groups excluding carboxylic acids is 2. The predicted molar refractivity (Wildman–Crippen MR) is 120 cm³/mol. The summed E-state index contributed by atoms with van der Waals surface area (Å²) in [7, 11) is 1.64. The van der Waals surface area contributed by atoms with Crippen molar-refractivity contribution in [3.05, 3.63) is 94.2 Å². The van der Waals surface area contributed by atoms with Gasteiger partial charge in [0.05, 0.1) is 23.9 Å². The van der Waals surface area contributed by atoms with E-state index in [4.69, 9.17) is 4.74 Å². The van der Waals surface area contributed by atoms with Gasteiger partial charge < -0.3 is 15.4 Å². The lowest BCUT2D eigenvalue weighted by Crippen LogP contribution is -2.24. The SMILES string of the molecule is COc1ccc2cc(CNC(=O)c3ccccc3NC(=O)c3ccsc3)ccc2c1. The maximum atomic E-state index is 12.8. The van der Waals surface area contributed by atoms with Crippen LogP contribution >= 0.6 is 11.3 Å². The molecule has 150 valence electrons. The molecule has 2 amide bonds. The number of para-hydroxylation sites is 1. The Morgan fingerprint density at radius 1 is 0.933 bits per heavy atom. The molecule has 0 aliphatic rings. The van der Waals surface area contributed by atoms with Crippen LogP contribution in [0.3, 0.4) is 0 Å². The number of rotatable bonds is 6. The zero-order chi connectivity index (χ0) is 20.9. The molecule has 0 unspecified atom stereocenters. The number of hydrogen-bond acceptors (Lipinski definition) is 4. The van der Waals surface area contributed by atoms with E-state index in [0.29, 0.717) is 23.4 Å². The Labute approximate surface area is 178 Å². The predicted octanol–water partition coefficient (Wildman–Crippen LogP) is 5.09. The zero-order valence-corrected chi connectivity index (χ0v) is 17.2. The molecule has 5 nitrogen and oxygen atoms in total. The fraction of sp³-hybridized carbons (Fsp3) is 0.0833. The van der Waals surface area contributed by atoms with Crippen molar-refractivity contribution >= 4 is 39.6 Å². The maximum Gasteiger partial charge on any atom is 0.256 e. The van der Waals surface area contributed by atoms with Gasteiger partial charge in [0.15, 0.2) is 0 Å². The molecule has 0 fully saturated rings. The molecule has 3 aromatic carbocycles. The van der Waals surface area contributed by atoms with Crippen LogP contribution in [-0.4, -0.2) is 18.9 Å². The molecule has 0 spiro atoms. The van der Waals surface area contributed by atoms with Crippen LogP contribution in [0.25, 0.3) is 10.8 Å². The summed E-state index contributed by atoms with van der Waals surface area (Å²) < 4.78 is 5.26. The molecule has 0 aliphatic heterocycles. The van der Waals surface area contributed by atoms with E-state index in [1.54, 1.807) is 42.8 Å². The lowest BCUT2D eigenvalue weighted by molar-refractivity contribution is 0.0952. The molecule has 0 atom stereocenters. The van der Waals surface area contributed by atoms with Gasteiger partial charge in [0.2, 0.25) is 0 Å². The van der Waals surface area contributed by atoms with Gasteiger partial charge in [0, 0.05) is 11.9 Å². The number of carbonyl (C=O) groups is 2. The third-order valence-corrected chi connectivity index (χ3v) is 5.45. The topological polar surface area (TPSA) is 67.4 Å². The highest BCUT2D eigenvalue weighted by Gasteiger charge is 2.14. The summed E-state index contributed by atoms with van der Waals surface area (Å²) >= 11 is 1.45. The van der Waals surface area contributed by atoms with Crippen LogP contribution in [0, 0.1) is 0 Å². The highest BCUT2D eigenvalue weighted by atomic mass is 32.1. The summed E-state index contributed by atoms with van der Waals surface area (Å²) in [5.41, 5.74) is 2.47. The molecule has 30 heavy (non-hydrogen) atoms. The van der Waals surface area contributed by atoms with Crippen LogP contribution in [0.5, 0.6) is 5.75 Å². The monoisotopic (exact) mass is 416 g/mol. The third kappa shape index (κ3) is 4.34. The van der Waals surface area contributed by atoms with E-state index in [1.807, 2.05) is 41.8 Å². The molecule has 0 bridgehead atoms. The summed E-state index contributed by atoms with van der Waals surface area (Å²) in [5.74, 6) is 0.331. The first-order valence-electron chi connectivity index (χ1n) is 9.41. The van der Waals surface area contributed by atoms with Crippen LogP contribution in [0.4, 0.5) is 5.69 Å². The highest BCUT2D eigenvalue weighted by Crippen LogP contribution is 2.22. The number of methoxy groups -OCH3 is 1. The second-order valence-corrected chi connectivity index (χ2v) is 7.52. The highest BCUT2D eigenvalue weighted by molar-refractivity contribution is 7.08. The molecule has 4 aromatic rings. The number of anilines is 1. The molecule has 4 rings (SSSR count). The fourth-order valence-corrected chi connectivity index (χ4v) is 3.80. The van der Waals surface area contributed by atoms with Crippen LogP contribution in [-0.2, 0) is 6.54 Å². The number of nitrogens with one attached hydrogen (secondary N) is 2. The molecule has 6 heteroatoms. The normalized spacial score (nSPS) is 10.6. The van der Waals surface area contributed by atoms with Crippen molar-refractivity contribution in [1.82, 2.24) is 5.32 Å². The molecule has 0 saturated carbocycles. The van der Waals surface area contributed by atoms with Crippen molar-refractivity contribution in [3.63, 3.8) is 0 Å². The van der Waals surface area contributed by atoms with Crippen LogP contribution in [0.1, 0.15) is 26.3 Å². The van der Waals surface area contributed by atoms with Gasteiger partial charge in [-0.3, -0.25) is 9.59 Å². The van der Waals surface area contributed by atoms with Crippen molar-refractivity contribution in [2.24, 2.45) is 0 Å². The Morgan fingerprint density at radius 3 is 2.53 bits per heavy atom. The number of thiophene rings is 1. The molecule has 0 radical (unpaired) electrons.